The van der Waals surface area contributed by atoms with Crippen LogP contribution < -0.4 is 10.2 Å². The fourth-order valence-electron chi connectivity index (χ4n) is 3.93. The van der Waals surface area contributed by atoms with Crippen molar-refractivity contribution in [2.75, 3.05) is 13.1 Å². The molecule has 0 atom stereocenters. The average Bonchev–Trinajstić information content (AvgIpc) is 2.86. The molecule has 1 aliphatic heterocycles. The molecule has 7 heteroatoms. The molecule has 1 heterocycles. The van der Waals surface area contributed by atoms with E-state index in [0.29, 0.717) is 18.2 Å². The highest BCUT2D eigenvalue weighted by molar-refractivity contribution is 6.31. The van der Waals surface area contributed by atoms with Gasteiger partial charge in [0.1, 0.15) is 18.2 Å². The molecule has 0 radical (unpaired) electrons. The molecule has 0 saturated carbocycles. The standard InChI is InChI=1S/C27H27ClFN3O2/c28-26-16-24(29)10-9-23(26)18-32-13-11-22(12-14-32)27(33)31-30-17-21-7-4-8-25(15-21)34-19-20-5-2-1-3-6-20/h1-10,15-17,22H,11-14,18-19H2,(H,31,33)/b30-17+. The molecule has 5 nitrogen and oxygen atoms in total. The molecule has 0 spiro atoms. The van der Waals surface area contributed by atoms with Gasteiger partial charge in [-0.1, -0.05) is 60.1 Å². The van der Waals surface area contributed by atoms with E-state index in [9.17, 15) is 9.18 Å². The maximum atomic E-state index is 13.2. The summed E-state index contributed by atoms with van der Waals surface area (Å²) in [4.78, 5) is 14.8. The molecule has 0 aliphatic carbocycles. The van der Waals surface area contributed by atoms with Crippen molar-refractivity contribution >= 4 is 23.7 Å². The highest BCUT2D eigenvalue weighted by Crippen LogP contribution is 2.23. The second-order valence-electron chi connectivity index (χ2n) is 8.37. The van der Waals surface area contributed by atoms with Crippen LogP contribution in [0.2, 0.25) is 5.02 Å². The van der Waals surface area contributed by atoms with Gasteiger partial charge in [0.2, 0.25) is 5.91 Å². The molecular weight excluding hydrogens is 453 g/mol. The van der Waals surface area contributed by atoms with Crippen molar-refractivity contribution in [1.29, 1.82) is 0 Å². The summed E-state index contributed by atoms with van der Waals surface area (Å²) in [5.41, 5.74) is 5.50. The summed E-state index contributed by atoms with van der Waals surface area (Å²) in [6.07, 6.45) is 3.10. The van der Waals surface area contributed by atoms with Crippen molar-refractivity contribution < 1.29 is 13.9 Å². The first-order valence-corrected chi connectivity index (χ1v) is 11.7. The molecule has 1 amide bonds. The van der Waals surface area contributed by atoms with Gasteiger partial charge in [-0.2, -0.15) is 5.10 Å². The van der Waals surface area contributed by atoms with E-state index < -0.39 is 0 Å². The lowest BCUT2D eigenvalue weighted by Crippen LogP contribution is -2.39. The van der Waals surface area contributed by atoms with Gasteiger partial charge in [0, 0.05) is 17.5 Å². The van der Waals surface area contributed by atoms with Crippen molar-refractivity contribution in [1.82, 2.24) is 10.3 Å². The molecular formula is C27H27ClFN3O2. The summed E-state index contributed by atoms with van der Waals surface area (Å²) in [6.45, 7) is 2.69. The minimum Gasteiger partial charge on any atom is -0.489 e. The van der Waals surface area contributed by atoms with Gasteiger partial charge in [-0.25, -0.2) is 9.82 Å². The molecule has 3 aromatic rings. The summed E-state index contributed by atoms with van der Waals surface area (Å²) in [7, 11) is 0. The molecule has 0 bridgehead atoms. The van der Waals surface area contributed by atoms with Crippen molar-refractivity contribution in [2.45, 2.75) is 26.0 Å². The van der Waals surface area contributed by atoms with Crippen molar-refractivity contribution in [3.05, 3.63) is 100 Å². The number of nitrogens with zero attached hydrogens (tertiary/aromatic N) is 2. The molecule has 0 aromatic heterocycles. The molecule has 4 rings (SSSR count). The maximum Gasteiger partial charge on any atom is 0.243 e. The van der Waals surface area contributed by atoms with Crippen LogP contribution in [0.5, 0.6) is 5.75 Å². The Labute approximate surface area is 204 Å². The van der Waals surface area contributed by atoms with E-state index in [-0.39, 0.29) is 17.6 Å². The zero-order valence-corrected chi connectivity index (χ0v) is 19.5. The Hall–Kier alpha value is -3.22. The predicted molar refractivity (Wildman–Crippen MR) is 132 cm³/mol. The van der Waals surface area contributed by atoms with Crippen LogP contribution in [0.4, 0.5) is 4.39 Å². The number of piperidine rings is 1. The second-order valence-corrected chi connectivity index (χ2v) is 8.77. The van der Waals surface area contributed by atoms with Crippen molar-refractivity contribution in [3.8, 4) is 5.75 Å². The minimum atomic E-state index is -0.337. The van der Waals surface area contributed by atoms with Crippen molar-refractivity contribution in [3.63, 3.8) is 0 Å². The number of hydrogen-bond donors (Lipinski definition) is 1. The van der Waals surface area contributed by atoms with Crippen LogP contribution in [-0.4, -0.2) is 30.1 Å². The predicted octanol–water partition coefficient (Wildman–Crippen LogP) is 5.42. The Bertz CT molecular complexity index is 1130. The summed E-state index contributed by atoms with van der Waals surface area (Å²) in [5, 5.41) is 4.57. The first-order chi connectivity index (χ1) is 16.6. The van der Waals surface area contributed by atoms with Gasteiger partial charge >= 0.3 is 0 Å². The topological polar surface area (TPSA) is 53.9 Å². The molecule has 176 valence electrons. The average molecular weight is 480 g/mol. The number of halogens is 2. The zero-order chi connectivity index (χ0) is 23.8. The Balaban J connectivity index is 1.22. The zero-order valence-electron chi connectivity index (χ0n) is 18.8. The lowest BCUT2D eigenvalue weighted by atomic mass is 9.96. The smallest absolute Gasteiger partial charge is 0.243 e. The van der Waals surface area contributed by atoms with E-state index in [4.69, 9.17) is 16.3 Å². The summed E-state index contributed by atoms with van der Waals surface area (Å²) < 4.78 is 19.1. The number of carbonyl (C=O) groups excluding carboxylic acids is 1. The number of benzene rings is 3. The first kappa shape index (κ1) is 23.9. The van der Waals surface area contributed by atoms with E-state index in [0.717, 1.165) is 48.4 Å². The Morgan fingerprint density at radius 2 is 1.88 bits per heavy atom. The Morgan fingerprint density at radius 1 is 1.09 bits per heavy atom. The summed E-state index contributed by atoms with van der Waals surface area (Å²) >= 11 is 6.14. The molecule has 3 aromatic carbocycles. The largest absolute Gasteiger partial charge is 0.489 e. The van der Waals surface area contributed by atoms with E-state index >= 15 is 0 Å². The van der Waals surface area contributed by atoms with E-state index in [1.54, 1.807) is 12.3 Å². The van der Waals surface area contributed by atoms with E-state index in [1.807, 2.05) is 54.6 Å². The Kier molecular flexibility index (Phi) is 8.28. The quantitative estimate of drug-likeness (QED) is 0.346. The number of ether oxygens (including phenoxy) is 1. The summed E-state index contributed by atoms with van der Waals surface area (Å²) in [5.74, 6) is 0.244. The van der Waals surface area contributed by atoms with Crippen molar-refractivity contribution in [2.24, 2.45) is 11.0 Å². The number of likely N-dealkylation sites (tertiary alicyclic amines) is 1. The Morgan fingerprint density at radius 3 is 2.65 bits per heavy atom. The van der Waals surface area contributed by atoms with Crippen LogP contribution in [0.1, 0.15) is 29.5 Å². The normalized spacial score (nSPS) is 14.9. The number of rotatable bonds is 8. The molecule has 1 saturated heterocycles. The van der Waals surface area contributed by atoms with Crippen LogP contribution >= 0.6 is 11.6 Å². The van der Waals surface area contributed by atoms with Gasteiger partial charge < -0.3 is 4.74 Å². The van der Waals surface area contributed by atoms with Crippen LogP contribution in [-0.2, 0) is 17.9 Å². The van der Waals surface area contributed by atoms with E-state index in [1.165, 1.54) is 12.1 Å². The van der Waals surface area contributed by atoms with Gasteiger partial charge in [-0.05, 0) is 66.9 Å². The lowest BCUT2D eigenvalue weighted by molar-refractivity contribution is -0.126. The van der Waals surface area contributed by atoms with Gasteiger partial charge in [0.15, 0.2) is 0 Å². The maximum absolute atomic E-state index is 13.2. The van der Waals surface area contributed by atoms with Crippen LogP contribution in [0.25, 0.3) is 0 Å². The van der Waals surface area contributed by atoms with Gasteiger partial charge in [0.05, 0.1) is 6.21 Å². The van der Waals surface area contributed by atoms with Gasteiger partial charge in [-0.3, -0.25) is 9.69 Å². The highest BCUT2D eigenvalue weighted by atomic mass is 35.5. The third-order valence-corrected chi connectivity index (χ3v) is 6.21. The number of amides is 1. The number of hydrogen-bond acceptors (Lipinski definition) is 4. The SMILES string of the molecule is O=C(N/N=C/c1cccc(OCc2ccccc2)c1)C1CCN(Cc2ccc(F)cc2Cl)CC1. The molecule has 1 aliphatic rings. The second kappa shape index (κ2) is 11.8. The summed E-state index contributed by atoms with van der Waals surface area (Å²) in [6, 6.07) is 22.0. The third-order valence-electron chi connectivity index (χ3n) is 5.86. The molecule has 1 fully saturated rings. The highest BCUT2D eigenvalue weighted by Gasteiger charge is 2.25. The molecule has 0 unspecified atom stereocenters. The lowest BCUT2D eigenvalue weighted by Gasteiger charge is -2.31. The third kappa shape index (κ3) is 6.89. The van der Waals surface area contributed by atoms with E-state index in [2.05, 4.69) is 15.4 Å². The molecule has 34 heavy (non-hydrogen) atoms. The van der Waals surface area contributed by atoms with Crippen LogP contribution in [0, 0.1) is 11.7 Å². The fourth-order valence-corrected chi connectivity index (χ4v) is 4.16. The number of carbonyl (C=O) groups is 1. The fraction of sp³-hybridized carbons (Fsp3) is 0.259. The van der Waals surface area contributed by atoms with Gasteiger partial charge in [-0.15, -0.1) is 0 Å². The van der Waals surface area contributed by atoms with Crippen LogP contribution in [0.3, 0.4) is 0 Å². The number of nitrogens with one attached hydrogen (secondary N) is 1. The first-order valence-electron chi connectivity index (χ1n) is 11.3. The van der Waals surface area contributed by atoms with Gasteiger partial charge in [0.25, 0.3) is 0 Å². The molecule has 1 N–H and O–H groups in total. The monoisotopic (exact) mass is 479 g/mol. The number of hydrazone groups is 1. The minimum absolute atomic E-state index is 0.0767. The van der Waals surface area contributed by atoms with Crippen LogP contribution in [0.15, 0.2) is 77.9 Å².